The predicted molar refractivity (Wildman–Crippen MR) is 86.4 cm³/mol. The van der Waals surface area contributed by atoms with E-state index in [1.165, 1.54) is 6.92 Å². The molecule has 1 N–H and O–H groups in total. The van der Waals surface area contributed by atoms with Crippen molar-refractivity contribution in [1.29, 1.82) is 5.26 Å². The highest BCUT2D eigenvalue weighted by Crippen LogP contribution is 2.42. The highest BCUT2D eigenvalue weighted by atomic mass is 16.5. The minimum atomic E-state index is -0.770. The standard InChI is InChI=1S/C18H27NO4/c1-3-4-5-7-16(23-14(2)20)8-10-18(9-6-11-19)13-15(21)12-17(18)22/h8,10,16-17,22H,3-7,9,12-13H2,1-2H3/b10-8+/t16-,17+,18-/m0/s1. The molecule has 0 radical (unpaired) electrons. The lowest BCUT2D eigenvalue weighted by Crippen LogP contribution is -2.28. The highest BCUT2D eigenvalue weighted by molar-refractivity contribution is 5.83. The molecular formula is C18H27NO4. The van der Waals surface area contributed by atoms with Crippen LogP contribution < -0.4 is 0 Å². The molecule has 5 nitrogen and oxygen atoms in total. The fourth-order valence-electron chi connectivity index (χ4n) is 3.08. The van der Waals surface area contributed by atoms with Crippen molar-refractivity contribution in [3.8, 4) is 6.07 Å². The van der Waals surface area contributed by atoms with Gasteiger partial charge in [-0.25, -0.2) is 0 Å². The average Bonchev–Trinajstić information content (AvgIpc) is 2.77. The number of nitrogens with zero attached hydrogens (tertiary/aromatic N) is 1. The monoisotopic (exact) mass is 321 g/mol. The molecule has 0 saturated heterocycles. The number of esters is 1. The summed E-state index contributed by atoms with van der Waals surface area (Å²) >= 11 is 0. The summed E-state index contributed by atoms with van der Waals surface area (Å²) in [5, 5.41) is 19.1. The Bertz CT molecular complexity index is 480. The maximum absolute atomic E-state index is 11.7. The summed E-state index contributed by atoms with van der Waals surface area (Å²) in [6, 6.07) is 2.07. The average molecular weight is 321 g/mol. The maximum Gasteiger partial charge on any atom is 0.303 e. The number of aliphatic hydroxyl groups is 1. The number of rotatable bonds is 9. The molecule has 0 aromatic rings. The second-order valence-electron chi connectivity index (χ2n) is 6.33. The van der Waals surface area contributed by atoms with E-state index < -0.39 is 11.5 Å². The van der Waals surface area contributed by atoms with Crippen molar-refractivity contribution in [2.45, 2.75) is 77.4 Å². The van der Waals surface area contributed by atoms with Gasteiger partial charge in [0.05, 0.1) is 12.2 Å². The van der Waals surface area contributed by atoms with Gasteiger partial charge in [-0.3, -0.25) is 9.59 Å². The molecule has 0 aliphatic heterocycles. The van der Waals surface area contributed by atoms with Crippen molar-refractivity contribution < 1.29 is 19.4 Å². The van der Waals surface area contributed by atoms with Crippen LogP contribution in [0.2, 0.25) is 0 Å². The Labute approximate surface area is 138 Å². The Balaban J connectivity index is 2.84. The summed E-state index contributed by atoms with van der Waals surface area (Å²) in [6.07, 6.45) is 7.38. The van der Waals surface area contributed by atoms with Crippen molar-refractivity contribution in [1.82, 2.24) is 0 Å². The third kappa shape index (κ3) is 6.15. The number of Topliss-reactive ketones (excluding diaryl/α,β-unsaturated/α-hetero) is 1. The Kier molecular flexibility index (Phi) is 7.97. The summed E-state index contributed by atoms with van der Waals surface area (Å²) in [5.74, 6) is -0.333. The molecule has 3 atom stereocenters. The third-order valence-electron chi connectivity index (χ3n) is 4.37. The van der Waals surface area contributed by atoms with Crippen LogP contribution in [0.15, 0.2) is 12.2 Å². The number of hydrogen-bond acceptors (Lipinski definition) is 5. The van der Waals surface area contributed by atoms with Gasteiger partial charge >= 0.3 is 5.97 Å². The summed E-state index contributed by atoms with van der Waals surface area (Å²) in [6.45, 7) is 3.48. The Morgan fingerprint density at radius 2 is 2.30 bits per heavy atom. The fraction of sp³-hybridized carbons (Fsp3) is 0.722. The molecule has 23 heavy (non-hydrogen) atoms. The zero-order chi connectivity index (χ0) is 17.3. The first-order valence-electron chi connectivity index (χ1n) is 8.37. The van der Waals surface area contributed by atoms with Crippen molar-refractivity contribution >= 4 is 11.8 Å². The number of hydrogen-bond donors (Lipinski definition) is 1. The van der Waals surface area contributed by atoms with Crippen LogP contribution in [-0.4, -0.2) is 29.1 Å². The number of ether oxygens (including phenoxy) is 1. The molecule has 0 amide bonds. The molecule has 128 valence electrons. The lowest BCUT2D eigenvalue weighted by molar-refractivity contribution is -0.144. The largest absolute Gasteiger partial charge is 0.458 e. The third-order valence-corrected chi connectivity index (χ3v) is 4.37. The van der Waals surface area contributed by atoms with E-state index in [4.69, 9.17) is 10.00 Å². The first kappa shape index (κ1) is 19.4. The molecule has 0 bridgehead atoms. The second kappa shape index (κ2) is 9.46. The van der Waals surface area contributed by atoms with Gasteiger partial charge in [-0.1, -0.05) is 25.8 Å². The Hall–Kier alpha value is -1.67. The number of aliphatic hydroxyl groups excluding tert-OH is 1. The van der Waals surface area contributed by atoms with Gasteiger partial charge in [0.1, 0.15) is 11.9 Å². The molecule has 1 rings (SSSR count). The zero-order valence-electron chi connectivity index (χ0n) is 14.1. The highest BCUT2D eigenvalue weighted by Gasteiger charge is 2.44. The van der Waals surface area contributed by atoms with Crippen LogP contribution in [0.5, 0.6) is 0 Å². The quantitative estimate of drug-likeness (QED) is 0.400. The number of carbonyl (C=O) groups is 2. The molecule has 0 spiro atoms. The van der Waals surface area contributed by atoms with E-state index in [1.54, 1.807) is 12.2 Å². The van der Waals surface area contributed by atoms with Crippen LogP contribution in [0.1, 0.15) is 65.2 Å². The van der Waals surface area contributed by atoms with E-state index >= 15 is 0 Å². The van der Waals surface area contributed by atoms with Crippen molar-refractivity contribution in [3.63, 3.8) is 0 Å². The maximum atomic E-state index is 11.7. The van der Waals surface area contributed by atoms with E-state index in [0.29, 0.717) is 6.42 Å². The van der Waals surface area contributed by atoms with Crippen LogP contribution in [0.4, 0.5) is 0 Å². The van der Waals surface area contributed by atoms with Crippen LogP contribution in [0.3, 0.4) is 0 Å². The summed E-state index contributed by atoms with van der Waals surface area (Å²) in [5.41, 5.74) is -0.698. The first-order chi connectivity index (χ1) is 10.9. The fourth-order valence-corrected chi connectivity index (χ4v) is 3.08. The SMILES string of the molecule is CCCCC[C@@H](/C=C/[C@@]1(CCC#N)CC(=O)C[C@H]1O)OC(C)=O. The van der Waals surface area contributed by atoms with Crippen LogP contribution in [-0.2, 0) is 14.3 Å². The van der Waals surface area contributed by atoms with Crippen molar-refractivity contribution in [2.75, 3.05) is 0 Å². The molecule has 0 aromatic heterocycles. The van der Waals surface area contributed by atoms with E-state index in [9.17, 15) is 14.7 Å². The van der Waals surface area contributed by atoms with Crippen molar-refractivity contribution in [3.05, 3.63) is 12.2 Å². The first-order valence-corrected chi connectivity index (χ1v) is 8.37. The predicted octanol–water partition coefficient (Wildman–Crippen LogP) is 3.07. The zero-order valence-corrected chi connectivity index (χ0v) is 14.1. The molecule has 0 unspecified atom stereocenters. The number of carbonyl (C=O) groups excluding carboxylic acids is 2. The smallest absolute Gasteiger partial charge is 0.303 e. The normalized spacial score (nSPS) is 25.5. The van der Waals surface area contributed by atoms with Gasteiger partial charge in [0.2, 0.25) is 0 Å². The van der Waals surface area contributed by atoms with E-state index in [1.807, 2.05) is 0 Å². The molecule has 1 aliphatic rings. The van der Waals surface area contributed by atoms with Crippen LogP contribution in [0.25, 0.3) is 0 Å². The second-order valence-corrected chi connectivity index (χ2v) is 6.33. The van der Waals surface area contributed by atoms with Gasteiger partial charge in [-0.05, 0) is 25.3 Å². The van der Waals surface area contributed by atoms with E-state index in [-0.39, 0.29) is 37.1 Å². The number of nitriles is 1. The Morgan fingerprint density at radius 3 is 2.83 bits per heavy atom. The molecule has 1 fully saturated rings. The minimum Gasteiger partial charge on any atom is -0.458 e. The lowest BCUT2D eigenvalue weighted by Gasteiger charge is -2.28. The summed E-state index contributed by atoms with van der Waals surface area (Å²) in [4.78, 5) is 23.0. The molecule has 1 aliphatic carbocycles. The lowest BCUT2D eigenvalue weighted by atomic mass is 9.79. The van der Waals surface area contributed by atoms with Gasteiger partial charge < -0.3 is 9.84 Å². The van der Waals surface area contributed by atoms with Crippen molar-refractivity contribution in [2.24, 2.45) is 5.41 Å². The molecular weight excluding hydrogens is 294 g/mol. The summed E-state index contributed by atoms with van der Waals surface area (Å²) in [7, 11) is 0. The molecule has 0 heterocycles. The van der Waals surface area contributed by atoms with Gasteiger partial charge in [0.15, 0.2) is 0 Å². The Morgan fingerprint density at radius 1 is 1.57 bits per heavy atom. The van der Waals surface area contributed by atoms with Gasteiger partial charge in [0, 0.05) is 31.6 Å². The van der Waals surface area contributed by atoms with Crippen LogP contribution in [0, 0.1) is 16.7 Å². The van der Waals surface area contributed by atoms with E-state index in [0.717, 1.165) is 25.7 Å². The van der Waals surface area contributed by atoms with Gasteiger partial charge in [0.25, 0.3) is 0 Å². The van der Waals surface area contributed by atoms with Gasteiger partial charge in [-0.2, -0.15) is 5.26 Å². The molecule has 5 heteroatoms. The van der Waals surface area contributed by atoms with Gasteiger partial charge in [-0.15, -0.1) is 0 Å². The summed E-state index contributed by atoms with van der Waals surface area (Å²) < 4.78 is 5.31. The number of unbranched alkanes of at least 4 members (excludes halogenated alkanes) is 2. The molecule has 1 saturated carbocycles. The topological polar surface area (TPSA) is 87.4 Å². The molecule has 0 aromatic carbocycles. The number of ketones is 1. The van der Waals surface area contributed by atoms with Crippen LogP contribution >= 0.6 is 0 Å². The van der Waals surface area contributed by atoms with E-state index in [2.05, 4.69) is 13.0 Å². The minimum absolute atomic E-state index is 0.00936.